The van der Waals surface area contributed by atoms with E-state index >= 15 is 0 Å². The Bertz CT molecular complexity index is 1380. The van der Waals surface area contributed by atoms with Gasteiger partial charge in [-0.25, -0.2) is 4.79 Å². The van der Waals surface area contributed by atoms with Crippen molar-refractivity contribution in [2.75, 3.05) is 6.54 Å². The summed E-state index contributed by atoms with van der Waals surface area (Å²) in [6.07, 6.45) is 1.38. The van der Waals surface area contributed by atoms with Crippen LogP contribution in [0.15, 0.2) is 42.5 Å². The van der Waals surface area contributed by atoms with Crippen LogP contribution in [0.1, 0.15) is 59.9 Å². The quantitative estimate of drug-likeness (QED) is 0.174. The number of carbonyl (C=O) groups excluding carboxylic acids is 6. The number of hydrogen-bond acceptors (Lipinski definition) is 6. The van der Waals surface area contributed by atoms with Crippen molar-refractivity contribution in [1.82, 2.24) is 26.2 Å². The average Bonchev–Trinajstić information content (AvgIpc) is 3.84. The summed E-state index contributed by atoms with van der Waals surface area (Å²) in [5.41, 5.74) is 5.57. The van der Waals surface area contributed by atoms with Crippen LogP contribution in [0.25, 0.3) is 0 Å². The molecule has 4 rings (SSSR count). The second kappa shape index (κ2) is 12.6. The number of hydrogen-bond donors (Lipinski definition) is 5. The molecule has 6 amide bonds. The number of fused-ring (bicyclic) bond motifs is 1. The maximum atomic E-state index is 14.2. The minimum Gasteiger partial charge on any atom is -0.363 e. The third kappa shape index (κ3) is 7.37. The number of benzene rings is 1. The Morgan fingerprint density at radius 3 is 2.18 bits per heavy atom. The molecule has 3 fully saturated rings. The number of ketones is 1. The summed E-state index contributed by atoms with van der Waals surface area (Å²) in [6.45, 7) is 15.5. The number of Topliss-reactive ketones (excluding diaryl/α,β-unsaturated/α-hetero) is 1. The van der Waals surface area contributed by atoms with E-state index in [1.807, 2.05) is 44.2 Å². The second-order valence-corrected chi connectivity index (χ2v) is 14.3. The number of primary amides is 1. The summed E-state index contributed by atoms with van der Waals surface area (Å²) >= 11 is 0. The zero-order valence-electron chi connectivity index (χ0n) is 26.9. The Labute approximate surface area is 264 Å². The van der Waals surface area contributed by atoms with Gasteiger partial charge in [-0.3, -0.25) is 24.0 Å². The highest BCUT2D eigenvalue weighted by Gasteiger charge is 2.70. The molecule has 6 atom stereocenters. The first-order chi connectivity index (χ1) is 20.9. The molecule has 45 heavy (non-hydrogen) atoms. The van der Waals surface area contributed by atoms with Gasteiger partial charge in [0.25, 0.3) is 5.91 Å². The van der Waals surface area contributed by atoms with E-state index in [1.54, 1.807) is 27.7 Å². The van der Waals surface area contributed by atoms with Crippen molar-refractivity contribution < 1.29 is 28.8 Å². The molecule has 1 aromatic carbocycles. The predicted octanol–water partition coefficient (Wildman–Crippen LogP) is 1.39. The number of amides is 6. The van der Waals surface area contributed by atoms with Gasteiger partial charge in [-0.2, -0.15) is 0 Å². The van der Waals surface area contributed by atoms with Crippen LogP contribution in [0.4, 0.5) is 4.79 Å². The summed E-state index contributed by atoms with van der Waals surface area (Å²) in [5.74, 6) is -3.64. The highest BCUT2D eigenvalue weighted by atomic mass is 16.2. The summed E-state index contributed by atoms with van der Waals surface area (Å²) in [7, 11) is 0. The second-order valence-electron chi connectivity index (χ2n) is 14.3. The molecule has 2 aliphatic carbocycles. The summed E-state index contributed by atoms with van der Waals surface area (Å²) in [5, 5.41) is 10.9. The van der Waals surface area contributed by atoms with E-state index < -0.39 is 65.0 Å². The Hall–Kier alpha value is -4.22. The number of nitrogens with two attached hydrogens (primary N) is 1. The molecule has 1 aliphatic heterocycles. The van der Waals surface area contributed by atoms with Gasteiger partial charge >= 0.3 is 6.03 Å². The molecule has 244 valence electrons. The molecule has 0 bridgehead atoms. The van der Waals surface area contributed by atoms with E-state index in [0.717, 1.165) is 5.56 Å². The van der Waals surface area contributed by atoms with Gasteiger partial charge in [-0.05, 0) is 59.5 Å². The van der Waals surface area contributed by atoms with Crippen molar-refractivity contribution in [1.29, 1.82) is 0 Å². The van der Waals surface area contributed by atoms with E-state index in [2.05, 4.69) is 27.8 Å². The van der Waals surface area contributed by atoms with Gasteiger partial charge < -0.3 is 31.9 Å². The molecule has 0 spiro atoms. The number of carbonyl (C=O) groups is 6. The lowest BCUT2D eigenvalue weighted by atomic mass is 9.85. The largest absolute Gasteiger partial charge is 0.363 e. The molecular weight excluding hydrogens is 576 g/mol. The number of piperidine rings is 1. The zero-order chi connectivity index (χ0) is 33.4. The Kier molecular flexibility index (Phi) is 9.46. The van der Waals surface area contributed by atoms with Gasteiger partial charge in [0.1, 0.15) is 24.2 Å². The fourth-order valence-corrected chi connectivity index (χ4v) is 6.45. The standard InChI is InChI=1S/C33H46N6O6/c1-17(2)22(28(42)35-15-18-11-9-8-10-12-18)37-31(45)38-26(32(3,4)5)30(44)39-16-20-21(33(20,6)7)24(39)29(43)36-23(19-13-14-19)25(40)27(34)41/h8-12,19-24,26H,1,13-16H2,2-7H3,(H2,34,41)(H,35,42)(H,36,43)(H2,37,38,45)/t20-,21-,22-,23?,24-,26+/m0/s1. The predicted molar refractivity (Wildman–Crippen MR) is 167 cm³/mol. The smallest absolute Gasteiger partial charge is 0.316 e. The molecular formula is C33H46N6O6. The lowest BCUT2D eigenvalue weighted by Crippen LogP contribution is -2.62. The van der Waals surface area contributed by atoms with Crippen molar-refractivity contribution in [2.24, 2.45) is 34.3 Å². The molecule has 6 N–H and O–H groups in total. The molecule has 0 aromatic heterocycles. The average molecular weight is 623 g/mol. The number of urea groups is 1. The van der Waals surface area contributed by atoms with Crippen LogP contribution in [0.2, 0.25) is 0 Å². The van der Waals surface area contributed by atoms with Gasteiger partial charge in [-0.1, -0.05) is 71.5 Å². The fourth-order valence-electron chi connectivity index (χ4n) is 6.45. The third-order valence-corrected chi connectivity index (χ3v) is 9.41. The van der Waals surface area contributed by atoms with E-state index in [-0.39, 0.29) is 29.7 Å². The Morgan fingerprint density at radius 2 is 1.64 bits per heavy atom. The number of rotatable bonds is 12. The van der Waals surface area contributed by atoms with Crippen LogP contribution in [-0.2, 0) is 30.5 Å². The van der Waals surface area contributed by atoms with E-state index in [9.17, 15) is 28.8 Å². The summed E-state index contributed by atoms with van der Waals surface area (Å²) in [6, 6.07) is 4.57. The van der Waals surface area contributed by atoms with Gasteiger partial charge in [0.05, 0.1) is 0 Å². The SMILES string of the molecule is C=C(C)[C@H](NC(=O)N[C@H](C(=O)N1C[C@H]2[C@@H]([C@H]1C(=O)NC(C(=O)C(N)=O)C1CC1)C2(C)C)C(C)(C)C)C(=O)NCc1ccccc1. The first-order valence-corrected chi connectivity index (χ1v) is 15.4. The van der Waals surface area contributed by atoms with Crippen LogP contribution >= 0.6 is 0 Å². The molecule has 1 aromatic rings. The minimum absolute atomic E-state index is 0.0546. The van der Waals surface area contributed by atoms with Crippen molar-refractivity contribution >= 4 is 35.4 Å². The van der Waals surface area contributed by atoms with Crippen LogP contribution < -0.4 is 27.0 Å². The van der Waals surface area contributed by atoms with Gasteiger partial charge in [0, 0.05) is 13.1 Å². The maximum absolute atomic E-state index is 14.2. The molecule has 2 saturated carbocycles. The molecule has 1 heterocycles. The van der Waals surface area contributed by atoms with E-state index in [0.29, 0.717) is 25.0 Å². The Balaban J connectivity index is 1.48. The monoisotopic (exact) mass is 622 g/mol. The molecule has 1 saturated heterocycles. The first kappa shape index (κ1) is 33.7. The normalized spacial score (nSPS) is 23.4. The van der Waals surface area contributed by atoms with Crippen LogP contribution in [0.3, 0.4) is 0 Å². The van der Waals surface area contributed by atoms with Crippen molar-refractivity contribution in [3.05, 3.63) is 48.0 Å². The minimum atomic E-state index is -1.11. The highest BCUT2D eigenvalue weighted by molar-refractivity contribution is 6.38. The van der Waals surface area contributed by atoms with Gasteiger partial charge in [-0.15, -0.1) is 0 Å². The van der Waals surface area contributed by atoms with Crippen molar-refractivity contribution in [3.63, 3.8) is 0 Å². The summed E-state index contributed by atoms with van der Waals surface area (Å²) in [4.78, 5) is 79.9. The number of nitrogens with one attached hydrogen (secondary N) is 4. The first-order valence-electron chi connectivity index (χ1n) is 15.4. The molecule has 1 unspecified atom stereocenters. The maximum Gasteiger partial charge on any atom is 0.316 e. The summed E-state index contributed by atoms with van der Waals surface area (Å²) < 4.78 is 0. The third-order valence-electron chi connectivity index (χ3n) is 9.41. The molecule has 0 radical (unpaired) electrons. The van der Waals surface area contributed by atoms with Gasteiger partial charge in [0.2, 0.25) is 23.5 Å². The van der Waals surface area contributed by atoms with Crippen LogP contribution in [0, 0.1) is 28.6 Å². The van der Waals surface area contributed by atoms with Crippen molar-refractivity contribution in [3.8, 4) is 0 Å². The Morgan fingerprint density at radius 1 is 1.02 bits per heavy atom. The lowest BCUT2D eigenvalue weighted by molar-refractivity contribution is -0.145. The number of nitrogens with zero attached hydrogens (tertiary/aromatic N) is 1. The molecule has 3 aliphatic rings. The van der Waals surface area contributed by atoms with Crippen LogP contribution in [0.5, 0.6) is 0 Å². The van der Waals surface area contributed by atoms with Crippen LogP contribution in [-0.4, -0.2) is 71.1 Å². The molecule has 12 nitrogen and oxygen atoms in total. The lowest BCUT2D eigenvalue weighted by Gasteiger charge is -2.38. The van der Waals surface area contributed by atoms with E-state index in [1.165, 1.54) is 4.90 Å². The highest BCUT2D eigenvalue weighted by Crippen LogP contribution is 2.65. The van der Waals surface area contributed by atoms with Crippen molar-refractivity contribution in [2.45, 2.75) is 85.1 Å². The topological polar surface area (TPSA) is 180 Å². The van der Waals surface area contributed by atoms with E-state index in [4.69, 9.17) is 5.73 Å². The zero-order valence-corrected chi connectivity index (χ0v) is 26.9. The van der Waals surface area contributed by atoms with Gasteiger partial charge in [0.15, 0.2) is 0 Å². The number of likely N-dealkylation sites (tertiary alicyclic amines) is 1. The molecule has 12 heteroatoms. The fraction of sp³-hybridized carbons (Fsp3) is 0.576.